The first-order chi connectivity index (χ1) is 4.72. The number of carbonyl (C=O) groups is 1. The number of hydrogen-bond donors (Lipinski definition) is 1. The molecule has 4 nitrogen and oxygen atoms in total. The lowest BCUT2D eigenvalue weighted by Gasteiger charge is -2.04. The molecule has 0 saturated carbocycles. The summed E-state index contributed by atoms with van der Waals surface area (Å²) in [4.78, 5) is 10.3. The Kier molecular flexibility index (Phi) is 1.71. The molecule has 0 unspecified atom stereocenters. The SMILES string of the molecule is C[C@H](C(=O)O)n1cccn1. The Morgan fingerprint density at radius 3 is 2.90 bits per heavy atom. The van der Waals surface area contributed by atoms with Crippen LogP contribution in [0, 0.1) is 0 Å². The molecule has 0 bridgehead atoms. The number of carboxylic acid groups (broad SMARTS) is 1. The molecule has 0 amide bonds. The van der Waals surface area contributed by atoms with Crippen molar-refractivity contribution >= 4 is 5.97 Å². The van der Waals surface area contributed by atoms with E-state index in [4.69, 9.17) is 5.11 Å². The van der Waals surface area contributed by atoms with Crippen molar-refractivity contribution in [2.75, 3.05) is 0 Å². The van der Waals surface area contributed by atoms with Gasteiger partial charge in [0.2, 0.25) is 0 Å². The van der Waals surface area contributed by atoms with Gasteiger partial charge in [-0.1, -0.05) is 0 Å². The summed E-state index contributed by atoms with van der Waals surface area (Å²) in [6.07, 6.45) is 3.18. The monoisotopic (exact) mass is 140 g/mol. The van der Waals surface area contributed by atoms with Gasteiger partial charge in [0.25, 0.3) is 0 Å². The minimum absolute atomic E-state index is 0.574. The lowest BCUT2D eigenvalue weighted by molar-refractivity contribution is -0.140. The molecule has 1 rings (SSSR count). The van der Waals surface area contributed by atoms with Crippen molar-refractivity contribution in [2.24, 2.45) is 0 Å². The predicted molar refractivity (Wildman–Crippen MR) is 34.6 cm³/mol. The third-order valence-corrected chi connectivity index (χ3v) is 1.28. The molecule has 0 saturated heterocycles. The second kappa shape index (κ2) is 2.51. The van der Waals surface area contributed by atoms with Crippen LogP contribution in [0.4, 0.5) is 0 Å². The van der Waals surface area contributed by atoms with Crippen molar-refractivity contribution in [1.82, 2.24) is 9.78 Å². The van der Waals surface area contributed by atoms with E-state index in [0.717, 1.165) is 0 Å². The molecule has 0 aromatic carbocycles. The summed E-state index contributed by atoms with van der Waals surface area (Å²) in [5.41, 5.74) is 0. The van der Waals surface area contributed by atoms with Crippen LogP contribution in [0.5, 0.6) is 0 Å². The van der Waals surface area contributed by atoms with Gasteiger partial charge in [0.05, 0.1) is 0 Å². The number of rotatable bonds is 2. The van der Waals surface area contributed by atoms with E-state index in [2.05, 4.69) is 5.10 Å². The van der Waals surface area contributed by atoms with Gasteiger partial charge in [0.1, 0.15) is 6.04 Å². The minimum Gasteiger partial charge on any atom is -0.480 e. The molecule has 4 heteroatoms. The number of hydrogen-bond acceptors (Lipinski definition) is 2. The second-order valence-electron chi connectivity index (χ2n) is 2.00. The van der Waals surface area contributed by atoms with Gasteiger partial charge in [-0.2, -0.15) is 5.10 Å². The summed E-state index contributed by atoms with van der Waals surface area (Å²) in [6, 6.07) is 1.12. The van der Waals surface area contributed by atoms with Crippen molar-refractivity contribution in [3.63, 3.8) is 0 Å². The Labute approximate surface area is 58.1 Å². The third kappa shape index (κ3) is 1.15. The van der Waals surface area contributed by atoms with E-state index in [1.54, 1.807) is 25.4 Å². The predicted octanol–water partition coefficient (Wildman–Crippen LogP) is 0.529. The largest absolute Gasteiger partial charge is 0.480 e. The summed E-state index contributed by atoms with van der Waals surface area (Å²) >= 11 is 0. The van der Waals surface area contributed by atoms with Crippen LogP contribution in [-0.4, -0.2) is 20.9 Å². The molecule has 1 atom stereocenters. The molecule has 1 heterocycles. The van der Waals surface area contributed by atoms with Gasteiger partial charge in [-0.05, 0) is 13.0 Å². The van der Waals surface area contributed by atoms with E-state index in [1.165, 1.54) is 4.68 Å². The van der Waals surface area contributed by atoms with Crippen molar-refractivity contribution in [3.05, 3.63) is 18.5 Å². The molecule has 0 radical (unpaired) electrons. The van der Waals surface area contributed by atoms with Gasteiger partial charge in [0, 0.05) is 12.4 Å². The molecule has 0 aliphatic heterocycles. The van der Waals surface area contributed by atoms with Crippen molar-refractivity contribution in [1.29, 1.82) is 0 Å². The highest BCUT2D eigenvalue weighted by atomic mass is 16.4. The Morgan fingerprint density at radius 1 is 1.80 bits per heavy atom. The average molecular weight is 140 g/mol. The zero-order valence-electron chi connectivity index (χ0n) is 5.56. The van der Waals surface area contributed by atoms with Crippen LogP contribution in [0.1, 0.15) is 13.0 Å². The molecule has 0 spiro atoms. The van der Waals surface area contributed by atoms with E-state index < -0.39 is 12.0 Å². The van der Waals surface area contributed by atoms with E-state index >= 15 is 0 Å². The fourth-order valence-corrected chi connectivity index (χ4v) is 0.623. The molecule has 1 aromatic heterocycles. The van der Waals surface area contributed by atoms with E-state index in [9.17, 15) is 4.79 Å². The van der Waals surface area contributed by atoms with Crippen LogP contribution in [-0.2, 0) is 4.79 Å². The summed E-state index contributed by atoms with van der Waals surface area (Å²) in [5, 5.41) is 12.3. The zero-order valence-corrected chi connectivity index (χ0v) is 5.56. The first-order valence-electron chi connectivity index (χ1n) is 2.94. The topological polar surface area (TPSA) is 55.1 Å². The molecular weight excluding hydrogens is 132 g/mol. The van der Waals surface area contributed by atoms with E-state index in [-0.39, 0.29) is 0 Å². The van der Waals surface area contributed by atoms with Crippen LogP contribution in [0.2, 0.25) is 0 Å². The average Bonchev–Trinajstić information content (AvgIpc) is 2.36. The molecule has 0 aliphatic rings. The normalized spacial score (nSPS) is 12.9. The van der Waals surface area contributed by atoms with Crippen LogP contribution in [0.25, 0.3) is 0 Å². The van der Waals surface area contributed by atoms with Crippen LogP contribution in [0.3, 0.4) is 0 Å². The number of nitrogens with zero attached hydrogens (tertiary/aromatic N) is 2. The van der Waals surface area contributed by atoms with Gasteiger partial charge in [-0.25, -0.2) is 4.79 Å². The van der Waals surface area contributed by atoms with Gasteiger partial charge in [-0.15, -0.1) is 0 Å². The number of aliphatic carboxylic acids is 1. The number of carboxylic acids is 1. The summed E-state index contributed by atoms with van der Waals surface area (Å²) in [6.45, 7) is 1.58. The highest BCUT2D eigenvalue weighted by Gasteiger charge is 2.11. The standard InChI is InChI=1S/C6H8N2O2/c1-5(6(9)10)8-4-2-3-7-8/h2-5H,1H3,(H,9,10)/t5-/m1/s1. The summed E-state index contributed by atoms with van der Waals surface area (Å²) in [7, 11) is 0. The molecule has 0 aliphatic carbocycles. The Hall–Kier alpha value is -1.32. The van der Waals surface area contributed by atoms with Crippen molar-refractivity contribution in [3.8, 4) is 0 Å². The first-order valence-corrected chi connectivity index (χ1v) is 2.94. The summed E-state index contributed by atoms with van der Waals surface area (Å²) in [5.74, 6) is -0.872. The summed E-state index contributed by atoms with van der Waals surface area (Å²) < 4.78 is 1.39. The van der Waals surface area contributed by atoms with Crippen molar-refractivity contribution in [2.45, 2.75) is 13.0 Å². The van der Waals surface area contributed by atoms with E-state index in [1.807, 2.05) is 0 Å². The number of aromatic nitrogens is 2. The quantitative estimate of drug-likeness (QED) is 0.651. The second-order valence-corrected chi connectivity index (χ2v) is 2.00. The maximum absolute atomic E-state index is 10.3. The molecule has 0 fully saturated rings. The molecule has 54 valence electrons. The Balaban J connectivity index is 2.77. The third-order valence-electron chi connectivity index (χ3n) is 1.28. The Morgan fingerprint density at radius 2 is 2.50 bits per heavy atom. The molecule has 10 heavy (non-hydrogen) atoms. The van der Waals surface area contributed by atoms with Gasteiger partial charge in [0.15, 0.2) is 0 Å². The van der Waals surface area contributed by atoms with Crippen LogP contribution < -0.4 is 0 Å². The van der Waals surface area contributed by atoms with Gasteiger partial charge in [-0.3, -0.25) is 4.68 Å². The lowest BCUT2D eigenvalue weighted by atomic mass is 10.4. The maximum atomic E-state index is 10.3. The molecular formula is C6H8N2O2. The maximum Gasteiger partial charge on any atom is 0.328 e. The highest BCUT2D eigenvalue weighted by Crippen LogP contribution is 2.01. The Bertz CT molecular complexity index is 218. The van der Waals surface area contributed by atoms with Crippen LogP contribution in [0.15, 0.2) is 18.5 Å². The van der Waals surface area contributed by atoms with E-state index in [0.29, 0.717) is 0 Å². The molecule has 1 aromatic rings. The molecule has 1 N–H and O–H groups in total. The van der Waals surface area contributed by atoms with Gasteiger partial charge < -0.3 is 5.11 Å². The highest BCUT2D eigenvalue weighted by molar-refractivity contribution is 5.71. The smallest absolute Gasteiger partial charge is 0.328 e. The lowest BCUT2D eigenvalue weighted by Crippen LogP contribution is -2.15. The fourth-order valence-electron chi connectivity index (χ4n) is 0.623. The van der Waals surface area contributed by atoms with Gasteiger partial charge >= 0.3 is 5.97 Å². The first kappa shape index (κ1) is 6.80. The minimum atomic E-state index is -0.872. The van der Waals surface area contributed by atoms with Crippen LogP contribution >= 0.6 is 0 Å². The zero-order chi connectivity index (χ0) is 7.56. The van der Waals surface area contributed by atoms with Crippen molar-refractivity contribution < 1.29 is 9.90 Å². The fraction of sp³-hybridized carbons (Fsp3) is 0.333.